The van der Waals surface area contributed by atoms with E-state index in [1.165, 1.54) is 0 Å². The van der Waals surface area contributed by atoms with E-state index in [9.17, 15) is 4.79 Å². The average Bonchev–Trinajstić information content (AvgIpc) is 3.04. The molecule has 1 N–H and O–H groups in total. The van der Waals surface area contributed by atoms with E-state index in [2.05, 4.69) is 34.8 Å². The molecule has 1 saturated heterocycles. The topological polar surface area (TPSA) is 65.1 Å². The lowest BCUT2D eigenvalue weighted by molar-refractivity contribution is -0.133. The van der Waals surface area contributed by atoms with Crippen LogP contribution in [0.5, 0.6) is 0 Å². The maximum absolute atomic E-state index is 11.9. The Labute approximate surface area is 159 Å². The predicted octanol–water partition coefficient (Wildman–Crippen LogP) is 3.38. The summed E-state index contributed by atoms with van der Waals surface area (Å²) in [5.41, 5.74) is 4.00. The third-order valence-corrected chi connectivity index (χ3v) is 5.28. The van der Waals surface area contributed by atoms with E-state index in [-0.39, 0.29) is 18.0 Å². The van der Waals surface area contributed by atoms with Gasteiger partial charge in [0.2, 0.25) is 5.91 Å². The van der Waals surface area contributed by atoms with Crippen LogP contribution in [-0.2, 0) is 4.79 Å². The number of pyridine rings is 2. The molecule has 6 heteroatoms. The Kier molecular flexibility index (Phi) is 4.34. The van der Waals surface area contributed by atoms with Gasteiger partial charge in [0.15, 0.2) is 0 Å². The number of amides is 1. The number of carbonyl (C=O) groups is 1. The summed E-state index contributed by atoms with van der Waals surface area (Å²) >= 11 is 0. The number of anilines is 1. The number of carbonyl (C=O) groups excluding carboxylic acids is 1. The highest BCUT2D eigenvalue weighted by molar-refractivity contribution is 5.93. The highest BCUT2D eigenvalue weighted by Crippen LogP contribution is 2.29. The fourth-order valence-corrected chi connectivity index (χ4v) is 4.20. The van der Waals surface area contributed by atoms with Gasteiger partial charge < -0.3 is 14.8 Å². The molecule has 1 aliphatic rings. The number of aromatic amines is 1. The largest absolute Gasteiger partial charge is 0.352 e. The van der Waals surface area contributed by atoms with Crippen LogP contribution in [0.3, 0.4) is 0 Å². The summed E-state index contributed by atoms with van der Waals surface area (Å²) in [7, 11) is 0. The Morgan fingerprint density at radius 1 is 1.22 bits per heavy atom. The number of nitrogens with zero attached hydrogens (tertiary/aromatic N) is 4. The maximum atomic E-state index is 11.9. The van der Waals surface area contributed by atoms with E-state index in [1.54, 1.807) is 6.92 Å². The van der Waals surface area contributed by atoms with Crippen LogP contribution in [-0.4, -0.2) is 50.9 Å². The second-order valence-corrected chi connectivity index (χ2v) is 7.52. The van der Waals surface area contributed by atoms with Crippen molar-refractivity contribution in [2.24, 2.45) is 0 Å². The van der Waals surface area contributed by atoms with E-state index in [4.69, 9.17) is 4.98 Å². The molecule has 2 atom stereocenters. The summed E-state index contributed by atoms with van der Waals surface area (Å²) in [4.78, 5) is 28.8. The number of aromatic nitrogens is 3. The third-order valence-electron chi connectivity index (χ3n) is 5.28. The van der Waals surface area contributed by atoms with Crippen molar-refractivity contribution in [1.29, 1.82) is 0 Å². The molecule has 1 fully saturated rings. The summed E-state index contributed by atoms with van der Waals surface area (Å²) in [5, 5.41) is 1.09. The van der Waals surface area contributed by atoms with E-state index in [0.29, 0.717) is 0 Å². The summed E-state index contributed by atoms with van der Waals surface area (Å²) in [6.07, 6.45) is 3.84. The van der Waals surface area contributed by atoms with Gasteiger partial charge >= 0.3 is 0 Å². The number of hydrogen-bond donors (Lipinski definition) is 1. The van der Waals surface area contributed by atoms with Crippen LogP contribution < -0.4 is 4.90 Å². The normalized spacial score (nSPS) is 20.3. The summed E-state index contributed by atoms with van der Waals surface area (Å²) in [5.74, 6) is 1.09. The lowest BCUT2D eigenvalue weighted by atomic mass is 10.1. The van der Waals surface area contributed by atoms with Gasteiger partial charge in [-0.15, -0.1) is 0 Å². The van der Waals surface area contributed by atoms with Gasteiger partial charge in [-0.3, -0.25) is 4.79 Å². The van der Waals surface area contributed by atoms with Crippen LogP contribution in [0.4, 0.5) is 5.82 Å². The number of piperazine rings is 1. The molecule has 4 rings (SSSR count). The first kappa shape index (κ1) is 17.5. The fraction of sp³-hybridized carbons (Fsp3) is 0.381. The molecular formula is C21H25N5O. The predicted molar refractivity (Wildman–Crippen MR) is 108 cm³/mol. The maximum Gasteiger partial charge on any atom is 0.220 e. The smallest absolute Gasteiger partial charge is 0.220 e. The molecule has 6 nitrogen and oxygen atoms in total. The van der Waals surface area contributed by atoms with E-state index in [1.807, 2.05) is 42.4 Å². The molecule has 3 aromatic rings. The molecule has 27 heavy (non-hydrogen) atoms. The molecule has 0 aromatic carbocycles. The number of nitrogens with one attached hydrogen (secondary N) is 1. The molecule has 1 amide bonds. The minimum Gasteiger partial charge on any atom is -0.352 e. The van der Waals surface area contributed by atoms with E-state index in [0.717, 1.165) is 46.8 Å². The Hall–Kier alpha value is -2.89. The second kappa shape index (κ2) is 6.68. The van der Waals surface area contributed by atoms with Crippen molar-refractivity contribution in [2.45, 2.75) is 39.8 Å². The van der Waals surface area contributed by atoms with Crippen molar-refractivity contribution < 1.29 is 4.79 Å². The van der Waals surface area contributed by atoms with Gasteiger partial charge in [-0.2, -0.15) is 0 Å². The van der Waals surface area contributed by atoms with Gasteiger partial charge in [0.1, 0.15) is 11.5 Å². The van der Waals surface area contributed by atoms with Crippen molar-refractivity contribution in [1.82, 2.24) is 19.9 Å². The lowest BCUT2D eigenvalue weighted by Gasteiger charge is -2.44. The van der Waals surface area contributed by atoms with E-state index >= 15 is 0 Å². The fourth-order valence-electron chi connectivity index (χ4n) is 4.20. The quantitative estimate of drug-likeness (QED) is 0.758. The summed E-state index contributed by atoms with van der Waals surface area (Å²) < 4.78 is 0. The van der Waals surface area contributed by atoms with Crippen molar-refractivity contribution in [3.8, 4) is 11.3 Å². The monoisotopic (exact) mass is 363 g/mol. The molecule has 140 valence electrons. The third kappa shape index (κ3) is 3.16. The van der Waals surface area contributed by atoms with Crippen LogP contribution in [0.1, 0.15) is 26.3 Å². The van der Waals surface area contributed by atoms with E-state index < -0.39 is 0 Å². The van der Waals surface area contributed by atoms with Gasteiger partial charge in [-0.25, -0.2) is 9.97 Å². The second-order valence-electron chi connectivity index (χ2n) is 7.52. The SMILES string of the molecule is CC(=O)N1[C@H](C)CN(c2cccc(-c3c[nH]c4ncc(C)cc34)n2)C[C@@H]1C. The molecular weight excluding hydrogens is 338 g/mol. The highest BCUT2D eigenvalue weighted by Gasteiger charge is 2.31. The average molecular weight is 363 g/mol. The molecule has 0 spiro atoms. The van der Waals surface area contributed by atoms with Crippen LogP contribution in [0.2, 0.25) is 0 Å². The molecule has 0 radical (unpaired) electrons. The van der Waals surface area contributed by atoms with Gasteiger partial charge in [0, 0.05) is 55.4 Å². The Balaban J connectivity index is 1.67. The Morgan fingerprint density at radius 3 is 2.67 bits per heavy atom. The zero-order valence-electron chi connectivity index (χ0n) is 16.2. The van der Waals surface area contributed by atoms with Gasteiger partial charge in [0.25, 0.3) is 0 Å². The van der Waals surface area contributed by atoms with Gasteiger partial charge in [0.05, 0.1) is 5.69 Å². The molecule has 0 unspecified atom stereocenters. The highest BCUT2D eigenvalue weighted by atomic mass is 16.2. The van der Waals surface area contributed by atoms with Crippen molar-refractivity contribution in [2.75, 3.05) is 18.0 Å². The van der Waals surface area contributed by atoms with Gasteiger partial charge in [-0.05, 0) is 44.5 Å². The first-order valence-electron chi connectivity index (χ1n) is 9.39. The number of aryl methyl sites for hydroxylation is 1. The molecule has 0 saturated carbocycles. The number of hydrogen-bond acceptors (Lipinski definition) is 4. The summed E-state index contributed by atoms with van der Waals surface area (Å²) in [6, 6.07) is 8.59. The number of rotatable bonds is 2. The zero-order valence-corrected chi connectivity index (χ0v) is 16.2. The van der Waals surface area contributed by atoms with Crippen LogP contribution in [0, 0.1) is 6.92 Å². The van der Waals surface area contributed by atoms with Gasteiger partial charge in [-0.1, -0.05) is 6.07 Å². The molecule has 0 bridgehead atoms. The molecule has 1 aliphatic heterocycles. The first-order valence-corrected chi connectivity index (χ1v) is 9.39. The van der Waals surface area contributed by atoms with Crippen LogP contribution in [0.25, 0.3) is 22.3 Å². The van der Waals surface area contributed by atoms with Crippen LogP contribution >= 0.6 is 0 Å². The number of fused-ring (bicyclic) bond motifs is 1. The first-order chi connectivity index (χ1) is 12.9. The Morgan fingerprint density at radius 2 is 1.96 bits per heavy atom. The van der Waals surface area contributed by atoms with Crippen molar-refractivity contribution in [3.63, 3.8) is 0 Å². The van der Waals surface area contributed by atoms with Crippen molar-refractivity contribution in [3.05, 3.63) is 42.2 Å². The Bertz CT molecular complexity index is 983. The molecule has 3 aromatic heterocycles. The van der Waals surface area contributed by atoms with Crippen LogP contribution in [0.15, 0.2) is 36.7 Å². The zero-order chi connectivity index (χ0) is 19.1. The molecule has 0 aliphatic carbocycles. The number of H-pyrrole nitrogens is 1. The molecule has 4 heterocycles. The summed E-state index contributed by atoms with van der Waals surface area (Å²) in [6.45, 7) is 9.47. The van der Waals surface area contributed by atoms with Crippen molar-refractivity contribution >= 4 is 22.8 Å². The standard InChI is InChI=1S/C21H25N5O/c1-13-8-17-18(10-23-21(17)22-9-13)19-6-5-7-20(24-19)25-11-14(2)26(16(4)27)15(3)12-25/h5-10,14-15H,11-12H2,1-4H3,(H,22,23)/t14-,15+. The lowest BCUT2D eigenvalue weighted by Crippen LogP contribution is -2.58. The minimum absolute atomic E-state index is 0.137. The minimum atomic E-state index is 0.137.